The van der Waals surface area contributed by atoms with Crippen LogP contribution in [0.3, 0.4) is 0 Å². The second-order valence-corrected chi connectivity index (χ2v) is 7.99. The van der Waals surface area contributed by atoms with E-state index in [1.165, 1.54) is 5.56 Å². The summed E-state index contributed by atoms with van der Waals surface area (Å²) in [6.45, 7) is 2.64. The number of hydrogen-bond acceptors (Lipinski definition) is 2. The first-order valence-corrected chi connectivity index (χ1v) is 10.4. The van der Waals surface area contributed by atoms with Gasteiger partial charge in [-0.05, 0) is 49.2 Å². The summed E-state index contributed by atoms with van der Waals surface area (Å²) < 4.78 is 0.924. The summed E-state index contributed by atoms with van der Waals surface area (Å²) >= 11 is 3.51. The summed E-state index contributed by atoms with van der Waals surface area (Å²) in [6.07, 6.45) is 0.796. The number of rotatable bonds is 5. The molecule has 0 aliphatic heterocycles. The molecule has 0 saturated heterocycles. The van der Waals surface area contributed by atoms with Crippen molar-refractivity contribution in [1.29, 1.82) is 0 Å². The zero-order valence-corrected chi connectivity index (χ0v) is 17.7. The highest BCUT2D eigenvalue weighted by Gasteiger charge is 2.14. The SMILES string of the molecule is Cc1cccc(-c2cc(C(=O)NCCc3ccccc3)c3cc(Br)ccc3n2)c1. The van der Waals surface area contributed by atoms with Gasteiger partial charge in [-0.15, -0.1) is 0 Å². The molecular formula is C25H21BrN2O. The number of aromatic nitrogens is 1. The molecule has 0 bridgehead atoms. The van der Waals surface area contributed by atoms with Gasteiger partial charge in [0.05, 0.1) is 16.8 Å². The molecule has 0 fully saturated rings. The Hall–Kier alpha value is -2.98. The number of amides is 1. The number of nitrogens with zero attached hydrogens (tertiary/aromatic N) is 1. The van der Waals surface area contributed by atoms with Crippen LogP contribution in [0.25, 0.3) is 22.2 Å². The molecule has 4 rings (SSSR count). The summed E-state index contributed by atoms with van der Waals surface area (Å²) in [7, 11) is 0. The molecule has 0 saturated carbocycles. The number of benzene rings is 3. The van der Waals surface area contributed by atoms with Gasteiger partial charge in [0.1, 0.15) is 0 Å². The fourth-order valence-corrected chi connectivity index (χ4v) is 3.76. The van der Waals surface area contributed by atoms with Crippen LogP contribution >= 0.6 is 15.9 Å². The van der Waals surface area contributed by atoms with Crippen molar-refractivity contribution in [3.63, 3.8) is 0 Å². The monoisotopic (exact) mass is 444 g/mol. The largest absolute Gasteiger partial charge is 0.352 e. The lowest BCUT2D eigenvalue weighted by atomic mass is 10.0. The molecule has 3 aromatic carbocycles. The van der Waals surface area contributed by atoms with Crippen molar-refractivity contribution in [2.75, 3.05) is 6.54 Å². The third-order valence-electron chi connectivity index (χ3n) is 4.87. The van der Waals surface area contributed by atoms with Crippen LogP contribution in [0.15, 0.2) is 83.3 Å². The van der Waals surface area contributed by atoms with E-state index in [4.69, 9.17) is 4.98 Å². The number of nitrogens with one attached hydrogen (secondary N) is 1. The zero-order valence-electron chi connectivity index (χ0n) is 16.2. The van der Waals surface area contributed by atoms with Crippen molar-refractivity contribution in [3.05, 3.63) is 100 Å². The predicted molar refractivity (Wildman–Crippen MR) is 122 cm³/mol. The minimum Gasteiger partial charge on any atom is -0.352 e. The summed E-state index contributed by atoms with van der Waals surface area (Å²) in [6, 6.07) is 26.1. The molecule has 1 N–H and O–H groups in total. The number of carbonyl (C=O) groups excluding carboxylic acids is 1. The van der Waals surface area contributed by atoms with Gasteiger partial charge in [0.15, 0.2) is 0 Å². The molecule has 1 amide bonds. The summed E-state index contributed by atoms with van der Waals surface area (Å²) in [5.74, 6) is -0.0830. The Morgan fingerprint density at radius 2 is 1.79 bits per heavy atom. The second kappa shape index (κ2) is 8.58. The van der Waals surface area contributed by atoms with Gasteiger partial charge in [-0.3, -0.25) is 4.79 Å². The first-order chi connectivity index (χ1) is 14.1. The smallest absolute Gasteiger partial charge is 0.252 e. The molecule has 0 aliphatic carbocycles. The van der Waals surface area contributed by atoms with Crippen molar-refractivity contribution in [1.82, 2.24) is 10.3 Å². The van der Waals surface area contributed by atoms with E-state index in [0.717, 1.165) is 38.6 Å². The third-order valence-corrected chi connectivity index (χ3v) is 5.36. The number of fused-ring (bicyclic) bond motifs is 1. The maximum absolute atomic E-state index is 13.1. The van der Waals surface area contributed by atoms with Crippen LogP contribution in [0.2, 0.25) is 0 Å². The molecule has 0 spiro atoms. The van der Waals surface area contributed by atoms with E-state index in [1.54, 1.807) is 0 Å². The van der Waals surface area contributed by atoms with E-state index in [1.807, 2.05) is 54.6 Å². The van der Waals surface area contributed by atoms with Gasteiger partial charge in [-0.1, -0.05) is 70.0 Å². The van der Waals surface area contributed by atoms with E-state index >= 15 is 0 Å². The Kier molecular flexibility index (Phi) is 5.72. The van der Waals surface area contributed by atoms with Gasteiger partial charge >= 0.3 is 0 Å². The molecule has 0 aliphatic rings. The van der Waals surface area contributed by atoms with E-state index in [2.05, 4.69) is 52.4 Å². The Labute approximate surface area is 178 Å². The minimum atomic E-state index is -0.0830. The molecule has 3 nitrogen and oxygen atoms in total. The molecule has 1 heterocycles. The van der Waals surface area contributed by atoms with E-state index < -0.39 is 0 Å². The lowest BCUT2D eigenvalue weighted by Gasteiger charge is -2.11. The molecule has 0 unspecified atom stereocenters. The van der Waals surface area contributed by atoms with E-state index in [0.29, 0.717) is 12.1 Å². The number of hydrogen-bond donors (Lipinski definition) is 1. The van der Waals surface area contributed by atoms with Crippen molar-refractivity contribution in [2.24, 2.45) is 0 Å². The summed E-state index contributed by atoms with van der Waals surface area (Å²) in [4.78, 5) is 17.9. The first kappa shape index (κ1) is 19.3. The topological polar surface area (TPSA) is 42.0 Å². The Morgan fingerprint density at radius 3 is 2.59 bits per heavy atom. The molecule has 29 heavy (non-hydrogen) atoms. The molecule has 1 aromatic heterocycles. The van der Waals surface area contributed by atoms with Crippen LogP contribution in [-0.2, 0) is 6.42 Å². The van der Waals surface area contributed by atoms with Crippen molar-refractivity contribution >= 4 is 32.7 Å². The molecule has 144 valence electrons. The summed E-state index contributed by atoms with van der Waals surface area (Å²) in [5, 5.41) is 3.91. The molecular weight excluding hydrogens is 424 g/mol. The number of halogens is 1. The zero-order chi connectivity index (χ0) is 20.2. The van der Waals surface area contributed by atoms with Gasteiger partial charge in [0.2, 0.25) is 0 Å². The van der Waals surface area contributed by atoms with Crippen LogP contribution in [0, 0.1) is 6.92 Å². The first-order valence-electron chi connectivity index (χ1n) is 9.59. The second-order valence-electron chi connectivity index (χ2n) is 7.08. The Bertz CT molecular complexity index is 1170. The van der Waals surface area contributed by atoms with E-state index in [-0.39, 0.29) is 5.91 Å². The van der Waals surface area contributed by atoms with Crippen molar-refractivity contribution < 1.29 is 4.79 Å². The highest BCUT2D eigenvalue weighted by molar-refractivity contribution is 9.10. The van der Waals surface area contributed by atoms with Gasteiger partial charge in [0.25, 0.3) is 5.91 Å². The van der Waals surface area contributed by atoms with Crippen molar-refractivity contribution in [2.45, 2.75) is 13.3 Å². The average Bonchev–Trinajstić information content (AvgIpc) is 2.73. The highest BCUT2D eigenvalue weighted by atomic mass is 79.9. The average molecular weight is 445 g/mol. The van der Waals surface area contributed by atoms with Gasteiger partial charge in [-0.25, -0.2) is 4.98 Å². The van der Waals surface area contributed by atoms with Crippen LogP contribution in [0.5, 0.6) is 0 Å². The van der Waals surface area contributed by atoms with Crippen LogP contribution in [0.1, 0.15) is 21.5 Å². The Balaban J connectivity index is 1.67. The molecule has 0 radical (unpaired) electrons. The predicted octanol–water partition coefficient (Wildman–Crippen LogP) is 5.95. The quantitative estimate of drug-likeness (QED) is 0.413. The molecule has 4 aromatic rings. The van der Waals surface area contributed by atoms with Crippen LogP contribution in [0.4, 0.5) is 0 Å². The van der Waals surface area contributed by atoms with Gasteiger partial charge in [0, 0.05) is 22.0 Å². The minimum absolute atomic E-state index is 0.0830. The normalized spacial score (nSPS) is 10.8. The van der Waals surface area contributed by atoms with Crippen LogP contribution in [-0.4, -0.2) is 17.4 Å². The van der Waals surface area contributed by atoms with Crippen LogP contribution < -0.4 is 5.32 Å². The standard InChI is InChI=1S/C25H21BrN2O/c1-17-6-5-9-19(14-17)24-16-22(21-15-20(26)10-11-23(21)28-24)25(29)27-13-12-18-7-3-2-4-8-18/h2-11,14-16H,12-13H2,1H3,(H,27,29). The maximum Gasteiger partial charge on any atom is 0.252 e. The van der Waals surface area contributed by atoms with Crippen molar-refractivity contribution in [3.8, 4) is 11.3 Å². The summed E-state index contributed by atoms with van der Waals surface area (Å²) in [5.41, 5.74) is 5.62. The number of aryl methyl sites for hydroxylation is 1. The van der Waals surface area contributed by atoms with Gasteiger partial charge < -0.3 is 5.32 Å². The number of pyridine rings is 1. The van der Waals surface area contributed by atoms with Gasteiger partial charge in [-0.2, -0.15) is 0 Å². The molecule has 0 atom stereocenters. The Morgan fingerprint density at radius 1 is 0.966 bits per heavy atom. The fraction of sp³-hybridized carbons (Fsp3) is 0.120. The maximum atomic E-state index is 13.1. The lowest BCUT2D eigenvalue weighted by molar-refractivity contribution is 0.0956. The number of carbonyl (C=O) groups is 1. The third kappa shape index (κ3) is 4.54. The highest BCUT2D eigenvalue weighted by Crippen LogP contribution is 2.27. The molecule has 4 heteroatoms. The lowest BCUT2D eigenvalue weighted by Crippen LogP contribution is -2.26. The fourth-order valence-electron chi connectivity index (χ4n) is 3.40. The van der Waals surface area contributed by atoms with E-state index in [9.17, 15) is 4.79 Å².